The van der Waals surface area contributed by atoms with Gasteiger partial charge in [0.15, 0.2) is 0 Å². The average molecular weight is 293 g/mol. The number of aromatic hydroxyl groups is 1. The van der Waals surface area contributed by atoms with Gasteiger partial charge in [-0.15, -0.1) is 0 Å². The average Bonchev–Trinajstić information content (AvgIpc) is 2.94. The number of aryl methyl sites for hydroxylation is 1. The van der Waals surface area contributed by atoms with E-state index in [1.807, 2.05) is 0 Å². The maximum atomic E-state index is 10.2. The van der Waals surface area contributed by atoms with Crippen molar-refractivity contribution in [3.63, 3.8) is 0 Å². The standard InChI is InChI=1S/C16H27N3O2/c1-12-15(21)14(13(10-20)8-18-12)9-17-11-16(19(2)3)6-4-5-7-16/h8,17,20-21H,4-7,9-11H2,1-3H3. The van der Waals surface area contributed by atoms with Crippen LogP contribution in [0, 0.1) is 6.92 Å². The molecular weight excluding hydrogens is 266 g/mol. The van der Waals surface area contributed by atoms with Crippen LogP contribution in [-0.4, -0.2) is 46.3 Å². The van der Waals surface area contributed by atoms with E-state index in [1.165, 1.54) is 25.7 Å². The second-order valence-corrected chi connectivity index (χ2v) is 6.28. The number of hydrogen-bond acceptors (Lipinski definition) is 5. The minimum atomic E-state index is -0.101. The van der Waals surface area contributed by atoms with E-state index in [2.05, 4.69) is 29.3 Å². The number of aliphatic hydroxyl groups excluding tert-OH is 1. The molecule has 1 aromatic heterocycles. The fourth-order valence-electron chi connectivity index (χ4n) is 3.25. The molecule has 1 aromatic rings. The Hall–Kier alpha value is -1.17. The number of hydrogen-bond donors (Lipinski definition) is 3. The van der Waals surface area contributed by atoms with Gasteiger partial charge in [-0.2, -0.15) is 0 Å². The molecule has 0 radical (unpaired) electrons. The SMILES string of the molecule is Cc1ncc(CO)c(CNCC2(N(C)C)CCCC2)c1O. The Balaban J connectivity index is 2.05. The smallest absolute Gasteiger partial charge is 0.141 e. The van der Waals surface area contributed by atoms with Crippen molar-refractivity contribution < 1.29 is 10.2 Å². The molecule has 0 spiro atoms. The Morgan fingerprint density at radius 2 is 2.00 bits per heavy atom. The second kappa shape index (κ2) is 6.73. The molecule has 0 amide bonds. The molecule has 5 nitrogen and oxygen atoms in total. The molecule has 1 aliphatic rings. The summed E-state index contributed by atoms with van der Waals surface area (Å²) in [5.41, 5.74) is 2.27. The van der Waals surface area contributed by atoms with Gasteiger partial charge in [-0.25, -0.2) is 0 Å². The van der Waals surface area contributed by atoms with Gasteiger partial charge in [0.2, 0.25) is 0 Å². The summed E-state index contributed by atoms with van der Waals surface area (Å²) in [5, 5.41) is 23.0. The lowest BCUT2D eigenvalue weighted by Gasteiger charge is -2.36. The lowest BCUT2D eigenvalue weighted by atomic mass is 9.95. The molecule has 0 saturated heterocycles. The summed E-state index contributed by atoms with van der Waals surface area (Å²) in [6.07, 6.45) is 6.62. The molecule has 2 rings (SSSR count). The Morgan fingerprint density at radius 1 is 1.33 bits per heavy atom. The first-order chi connectivity index (χ1) is 10.00. The quantitative estimate of drug-likeness (QED) is 0.742. The summed E-state index contributed by atoms with van der Waals surface area (Å²) < 4.78 is 0. The predicted molar refractivity (Wildman–Crippen MR) is 83.2 cm³/mol. The Labute approximate surface area is 127 Å². The molecule has 1 fully saturated rings. The molecule has 0 aromatic carbocycles. The van der Waals surface area contributed by atoms with Crippen molar-refractivity contribution >= 4 is 0 Å². The molecule has 5 heteroatoms. The van der Waals surface area contributed by atoms with E-state index in [0.29, 0.717) is 17.8 Å². The zero-order valence-corrected chi connectivity index (χ0v) is 13.3. The van der Waals surface area contributed by atoms with E-state index >= 15 is 0 Å². The van der Waals surface area contributed by atoms with Crippen LogP contribution in [0.3, 0.4) is 0 Å². The lowest BCUT2D eigenvalue weighted by molar-refractivity contribution is 0.153. The maximum absolute atomic E-state index is 10.2. The zero-order chi connectivity index (χ0) is 15.5. The van der Waals surface area contributed by atoms with E-state index in [9.17, 15) is 10.2 Å². The van der Waals surface area contributed by atoms with Gasteiger partial charge in [0.05, 0.1) is 12.3 Å². The number of likely N-dealkylation sites (N-methyl/N-ethyl adjacent to an activating group) is 1. The molecule has 0 unspecified atom stereocenters. The number of aliphatic hydroxyl groups is 1. The Bertz CT molecular complexity index is 483. The monoisotopic (exact) mass is 293 g/mol. The van der Waals surface area contributed by atoms with Gasteiger partial charge in [-0.3, -0.25) is 4.98 Å². The molecule has 0 aliphatic heterocycles. The first-order valence-corrected chi connectivity index (χ1v) is 7.65. The fraction of sp³-hybridized carbons (Fsp3) is 0.688. The highest BCUT2D eigenvalue weighted by atomic mass is 16.3. The van der Waals surface area contributed by atoms with Gasteiger partial charge >= 0.3 is 0 Å². The van der Waals surface area contributed by atoms with Crippen LogP contribution in [-0.2, 0) is 13.2 Å². The summed E-state index contributed by atoms with van der Waals surface area (Å²) in [6.45, 7) is 3.13. The first kappa shape index (κ1) is 16.2. The van der Waals surface area contributed by atoms with Crippen LogP contribution in [0.4, 0.5) is 0 Å². The van der Waals surface area contributed by atoms with Crippen LogP contribution >= 0.6 is 0 Å². The van der Waals surface area contributed by atoms with Gasteiger partial charge in [0, 0.05) is 36.0 Å². The molecule has 1 aliphatic carbocycles. The molecule has 0 bridgehead atoms. The molecular formula is C16H27N3O2. The third-order valence-corrected chi connectivity index (χ3v) is 4.84. The number of rotatable bonds is 6. The first-order valence-electron chi connectivity index (χ1n) is 7.65. The van der Waals surface area contributed by atoms with E-state index in [4.69, 9.17) is 0 Å². The summed E-state index contributed by atoms with van der Waals surface area (Å²) in [6, 6.07) is 0. The summed E-state index contributed by atoms with van der Waals surface area (Å²) in [5.74, 6) is 0.194. The van der Waals surface area contributed by atoms with E-state index in [0.717, 1.165) is 12.1 Å². The van der Waals surface area contributed by atoms with Gasteiger partial charge in [0.1, 0.15) is 5.75 Å². The highest BCUT2D eigenvalue weighted by Crippen LogP contribution is 2.33. The highest BCUT2D eigenvalue weighted by molar-refractivity contribution is 5.40. The minimum Gasteiger partial charge on any atom is -0.506 e. The van der Waals surface area contributed by atoms with Gasteiger partial charge < -0.3 is 20.4 Å². The van der Waals surface area contributed by atoms with Crippen molar-refractivity contribution in [3.8, 4) is 5.75 Å². The van der Waals surface area contributed by atoms with E-state index in [1.54, 1.807) is 13.1 Å². The molecule has 3 N–H and O–H groups in total. The number of pyridine rings is 1. The normalized spacial score (nSPS) is 17.6. The van der Waals surface area contributed by atoms with Crippen molar-refractivity contribution in [2.45, 2.75) is 51.3 Å². The maximum Gasteiger partial charge on any atom is 0.141 e. The van der Waals surface area contributed by atoms with Crippen molar-refractivity contribution in [2.24, 2.45) is 0 Å². The molecule has 0 atom stereocenters. The van der Waals surface area contributed by atoms with Crippen molar-refractivity contribution in [3.05, 3.63) is 23.0 Å². The van der Waals surface area contributed by atoms with Gasteiger partial charge in [0.25, 0.3) is 0 Å². The summed E-state index contributed by atoms with van der Waals surface area (Å²) >= 11 is 0. The van der Waals surface area contributed by atoms with Crippen LogP contribution in [0.25, 0.3) is 0 Å². The highest BCUT2D eigenvalue weighted by Gasteiger charge is 2.35. The topological polar surface area (TPSA) is 68.6 Å². The summed E-state index contributed by atoms with van der Waals surface area (Å²) in [7, 11) is 4.28. The Morgan fingerprint density at radius 3 is 2.57 bits per heavy atom. The largest absolute Gasteiger partial charge is 0.506 e. The minimum absolute atomic E-state index is 0.101. The Kier molecular flexibility index (Phi) is 5.19. The van der Waals surface area contributed by atoms with Crippen LogP contribution in [0.1, 0.15) is 42.5 Å². The molecule has 118 valence electrons. The van der Waals surface area contributed by atoms with Gasteiger partial charge in [-0.1, -0.05) is 12.8 Å². The number of aromatic nitrogens is 1. The second-order valence-electron chi connectivity index (χ2n) is 6.28. The molecule has 1 heterocycles. The third-order valence-electron chi connectivity index (χ3n) is 4.84. The fourth-order valence-corrected chi connectivity index (χ4v) is 3.25. The zero-order valence-electron chi connectivity index (χ0n) is 13.3. The van der Waals surface area contributed by atoms with Crippen LogP contribution < -0.4 is 5.32 Å². The third kappa shape index (κ3) is 3.36. The number of nitrogens with one attached hydrogen (secondary N) is 1. The van der Waals surface area contributed by atoms with Crippen molar-refractivity contribution in [1.82, 2.24) is 15.2 Å². The molecule has 1 saturated carbocycles. The van der Waals surface area contributed by atoms with E-state index < -0.39 is 0 Å². The van der Waals surface area contributed by atoms with Crippen molar-refractivity contribution in [2.75, 3.05) is 20.6 Å². The lowest BCUT2D eigenvalue weighted by Crippen LogP contribution is -2.49. The van der Waals surface area contributed by atoms with E-state index in [-0.39, 0.29) is 17.9 Å². The summed E-state index contributed by atoms with van der Waals surface area (Å²) in [4.78, 5) is 6.41. The van der Waals surface area contributed by atoms with Crippen LogP contribution in [0.15, 0.2) is 6.20 Å². The number of nitrogens with zero attached hydrogens (tertiary/aromatic N) is 2. The predicted octanol–water partition coefficient (Wildman–Crippen LogP) is 1.55. The van der Waals surface area contributed by atoms with Gasteiger partial charge in [-0.05, 0) is 33.9 Å². The van der Waals surface area contributed by atoms with Crippen LogP contribution in [0.2, 0.25) is 0 Å². The van der Waals surface area contributed by atoms with Crippen molar-refractivity contribution in [1.29, 1.82) is 0 Å². The molecule has 21 heavy (non-hydrogen) atoms. The van der Waals surface area contributed by atoms with Crippen LogP contribution in [0.5, 0.6) is 5.75 Å².